The molecule has 0 radical (unpaired) electrons. The molecule has 0 bridgehead atoms. The van der Waals surface area contributed by atoms with Crippen molar-refractivity contribution in [3.8, 4) is 0 Å². The standard InChI is InChI=1S/C18H26N2O13/c21-4-12(31-6-14(24)25)11(23)1-9-2-20-10(3-19-9)18(33-8-16(28)29)17(30)13(5-22)32-7-15(26)27/h2-3,11-13,17-18,21-23,30H,1,4-8H2,(H,24,25)(H,26,27)(H,28,29)/t11-,12+,13+,17+,18+/m0/s1. The van der Waals surface area contributed by atoms with Gasteiger partial charge in [-0.2, -0.15) is 0 Å². The van der Waals surface area contributed by atoms with E-state index in [0.29, 0.717) is 0 Å². The molecule has 0 unspecified atom stereocenters. The summed E-state index contributed by atoms with van der Waals surface area (Å²) in [5.41, 5.74) is 0.0936. The molecule has 33 heavy (non-hydrogen) atoms. The van der Waals surface area contributed by atoms with Gasteiger partial charge in [-0.25, -0.2) is 14.4 Å². The number of rotatable bonds is 17. The Morgan fingerprint density at radius 3 is 1.76 bits per heavy atom. The van der Waals surface area contributed by atoms with E-state index in [1.165, 1.54) is 0 Å². The van der Waals surface area contributed by atoms with Crippen LogP contribution in [-0.4, -0.2) is 121 Å². The number of aliphatic hydroxyl groups is 4. The number of hydrogen-bond acceptors (Lipinski definition) is 12. The maximum atomic E-state index is 10.9. The zero-order valence-electron chi connectivity index (χ0n) is 17.3. The second kappa shape index (κ2) is 14.4. The number of carboxylic acids is 3. The summed E-state index contributed by atoms with van der Waals surface area (Å²) >= 11 is 0. The van der Waals surface area contributed by atoms with Crippen LogP contribution in [0.3, 0.4) is 0 Å². The van der Waals surface area contributed by atoms with Crippen molar-refractivity contribution in [2.45, 2.75) is 36.9 Å². The highest BCUT2D eigenvalue weighted by molar-refractivity contribution is 5.68. The first-order chi connectivity index (χ1) is 15.6. The van der Waals surface area contributed by atoms with Crippen LogP contribution in [0.1, 0.15) is 17.5 Å². The Bertz CT molecular complexity index is 760. The van der Waals surface area contributed by atoms with Crippen molar-refractivity contribution in [1.82, 2.24) is 9.97 Å². The van der Waals surface area contributed by atoms with Crippen LogP contribution >= 0.6 is 0 Å². The van der Waals surface area contributed by atoms with E-state index in [9.17, 15) is 34.8 Å². The van der Waals surface area contributed by atoms with Crippen molar-refractivity contribution in [3.05, 3.63) is 23.8 Å². The molecule has 0 aromatic carbocycles. The smallest absolute Gasteiger partial charge is 0.329 e. The number of carbonyl (C=O) groups is 3. The summed E-state index contributed by atoms with van der Waals surface area (Å²) < 4.78 is 14.9. The average Bonchev–Trinajstić information content (AvgIpc) is 2.75. The van der Waals surface area contributed by atoms with Gasteiger partial charge in [-0.3, -0.25) is 9.97 Å². The molecule has 1 heterocycles. The number of hydrogen-bond donors (Lipinski definition) is 7. The van der Waals surface area contributed by atoms with Crippen molar-refractivity contribution in [2.24, 2.45) is 0 Å². The van der Waals surface area contributed by atoms with Gasteiger partial charge in [-0.05, 0) is 0 Å². The molecule has 0 aliphatic carbocycles. The monoisotopic (exact) mass is 478 g/mol. The van der Waals surface area contributed by atoms with Gasteiger partial charge in [0.25, 0.3) is 0 Å². The third kappa shape index (κ3) is 10.1. The second-order valence-corrected chi connectivity index (χ2v) is 6.67. The number of aliphatic carboxylic acids is 3. The van der Waals surface area contributed by atoms with Crippen LogP contribution in [0.4, 0.5) is 0 Å². The SMILES string of the molecule is O=C(O)CO[C@H](c1cnc(C[C@H](O)[C@@H](CO)OCC(=O)O)cn1)[C@H](O)[C@@H](CO)OCC(=O)O. The van der Waals surface area contributed by atoms with Crippen molar-refractivity contribution >= 4 is 17.9 Å². The van der Waals surface area contributed by atoms with Crippen LogP contribution in [0.5, 0.6) is 0 Å². The van der Waals surface area contributed by atoms with E-state index in [-0.39, 0.29) is 17.8 Å². The highest BCUT2D eigenvalue weighted by Crippen LogP contribution is 2.23. The van der Waals surface area contributed by atoms with Crippen LogP contribution in [0, 0.1) is 0 Å². The Kier molecular flexibility index (Phi) is 12.3. The van der Waals surface area contributed by atoms with Gasteiger partial charge >= 0.3 is 17.9 Å². The number of carboxylic acid groups (broad SMARTS) is 3. The maximum Gasteiger partial charge on any atom is 0.329 e. The van der Waals surface area contributed by atoms with Crippen molar-refractivity contribution < 1.29 is 64.3 Å². The van der Waals surface area contributed by atoms with Crippen molar-refractivity contribution in [3.63, 3.8) is 0 Å². The molecule has 7 N–H and O–H groups in total. The molecule has 1 aromatic heterocycles. The van der Waals surface area contributed by atoms with Gasteiger partial charge in [0.15, 0.2) is 0 Å². The van der Waals surface area contributed by atoms with Gasteiger partial charge in [0, 0.05) is 12.6 Å². The van der Waals surface area contributed by atoms with Crippen LogP contribution in [0.15, 0.2) is 12.4 Å². The molecule has 0 aliphatic heterocycles. The molecule has 0 spiro atoms. The highest BCUT2D eigenvalue weighted by Gasteiger charge is 2.33. The van der Waals surface area contributed by atoms with Gasteiger partial charge in [0.1, 0.15) is 44.2 Å². The van der Waals surface area contributed by atoms with Crippen LogP contribution in [-0.2, 0) is 35.0 Å². The number of aliphatic hydroxyl groups excluding tert-OH is 4. The van der Waals surface area contributed by atoms with E-state index >= 15 is 0 Å². The summed E-state index contributed by atoms with van der Waals surface area (Å²) in [6.45, 7) is -3.90. The van der Waals surface area contributed by atoms with Gasteiger partial charge in [-0.1, -0.05) is 0 Å². The largest absolute Gasteiger partial charge is 0.480 e. The second-order valence-electron chi connectivity index (χ2n) is 6.67. The summed E-state index contributed by atoms with van der Waals surface area (Å²) in [6, 6.07) is 0. The molecule has 186 valence electrons. The molecule has 0 saturated carbocycles. The zero-order valence-corrected chi connectivity index (χ0v) is 17.3. The Morgan fingerprint density at radius 1 is 0.788 bits per heavy atom. The van der Waals surface area contributed by atoms with Gasteiger partial charge in [-0.15, -0.1) is 0 Å². The fourth-order valence-electron chi connectivity index (χ4n) is 2.58. The minimum Gasteiger partial charge on any atom is -0.480 e. The minimum absolute atomic E-state index is 0.0831. The summed E-state index contributed by atoms with van der Waals surface area (Å²) in [5.74, 6) is -4.02. The minimum atomic E-state index is -1.72. The van der Waals surface area contributed by atoms with Crippen LogP contribution in [0.25, 0.3) is 0 Å². The normalized spacial score (nSPS) is 15.9. The lowest BCUT2D eigenvalue weighted by molar-refractivity contribution is -0.162. The van der Waals surface area contributed by atoms with Gasteiger partial charge < -0.3 is 50.0 Å². The third-order valence-corrected chi connectivity index (χ3v) is 4.14. The highest BCUT2D eigenvalue weighted by atomic mass is 16.6. The first-order valence-corrected chi connectivity index (χ1v) is 9.47. The molecule has 0 fully saturated rings. The van der Waals surface area contributed by atoms with E-state index in [2.05, 4.69) is 9.97 Å². The molecule has 1 rings (SSSR count). The molecule has 0 amide bonds. The van der Waals surface area contributed by atoms with E-state index in [0.717, 1.165) is 12.4 Å². The molecule has 5 atom stereocenters. The average molecular weight is 478 g/mol. The molecule has 0 saturated heterocycles. The lowest BCUT2D eigenvalue weighted by Crippen LogP contribution is -2.40. The molecule has 15 nitrogen and oxygen atoms in total. The fraction of sp³-hybridized carbons (Fsp3) is 0.611. The van der Waals surface area contributed by atoms with E-state index in [1.807, 2.05) is 0 Å². The molecule has 0 aliphatic rings. The topological polar surface area (TPSA) is 246 Å². The first kappa shape index (κ1) is 28.2. The predicted molar refractivity (Wildman–Crippen MR) is 103 cm³/mol. The van der Waals surface area contributed by atoms with E-state index in [1.54, 1.807) is 0 Å². The van der Waals surface area contributed by atoms with Crippen molar-refractivity contribution in [1.29, 1.82) is 0 Å². The quantitative estimate of drug-likeness (QED) is 0.116. The summed E-state index contributed by atoms with van der Waals surface area (Å²) in [6.07, 6.45) is -5.11. The number of nitrogens with zero attached hydrogens (tertiary/aromatic N) is 2. The molecular formula is C18H26N2O13. The Morgan fingerprint density at radius 2 is 1.30 bits per heavy atom. The van der Waals surface area contributed by atoms with Crippen molar-refractivity contribution in [2.75, 3.05) is 33.0 Å². The van der Waals surface area contributed by atoms with Gasteiger partial charge in [0.2, 0.25) is 0 Å². The fourth-order valence-corrected chi connectivity index (χ4v) is 2.58. The lowest BCUT2D eigenvalue weighted by Gasteiger charge is -2.27. The zero-order chi connectivity index (χ0) is 25.0. The van der Waals surface area contributed by atoms with E-state index in [4.69, 9.17) is 29.5 Å². The van der Waals surface area contributed by atoms with Crippen LogP contribution in [0.2, 0.25) is 0 Å². The number of aromatic nitrogens is 2. The molecule has 1 aromatic rings. The van der Waals surface area contributed by atoms with Crippen LogP contribution < -0.4 is 0 Å². The summed E-state index contributed by atoms with van der Waals surface area (Å²) in [5, 5.41) is 65.4. The number of ether oxygens (including phenoxy) is 3. The lowest BCUT2D eigenvalue weighted by atomic mass is 10.0. The maximum absolute atomic E-state index is 10.9. The Labute approximate surface area is 186 Å². The predicted octanol–water partition coefficient (Wildman–Crippen LogP) is -3.19. The summed E-state index contributed by atoms with van der Waals surface area (Å²) in [4.78, 5) is 40.1. The Hall–Kier alpha value is -2.79. The molecule has 15 heteroatoms. The summed E-state index contributed by atoms with van der Waals surface area (Å²) in [7, 11) is 0. The van der Waals surface area contributed by atoms with E-state index < -0.39 is 81.5 Å². The molecular weight excluding hydrogens is 452 g/mol. The Balaban J connectivity index is 2.96. The third-order valence-electron chi connectivity index (χ3n) is 4.14. The first-order valence-electron chi connectivity index (χ1n) is 9.47. The van der Waals surface area contributed by atoms with Gasteiger partial charge in [0.05, 0.1) is 36.9 Å².